The maximum Gasteiger partial charge on any atom is 0.407 e. The summed E-state index contributed by atoms with van der Waals surface area (Å²) in [5, 5.41) is 11.8. The van der Waals surface area contributed by atoms with E-state index >= 15 is 0 Å². The maximum absolute atomic E-state index is 13.5. The zero-order valence-electron chi connectivity index (χ0n) is 43.5. The third-order valence-electron chi connectivity index (χ3n) is 11.2. The van der Waals surface area contributed by atoms with Gasteiger partial charge < -0.3 is 62.7 Å². The van der Waals surface area contributed by atoms with Crippen molar-refractivity contribution in [2.75, 3.05) is 65.9 Å². The van der Waals surface area contributed by atoms with Crippen LogP contribution in [0, 0.1) is 21.7 Å². The number of amides is 4. The van der Waals surface area contributed by atoms with Gasteiger partial charge in [0.1, 0.15) is 26.4 Å². The zero-order valence-corrected chi connectivity index (χ0v) is 46.5. The summed E-state index contributed by atoms with van der Waals surface area (Å²) in [7, 11) is -6.28. The smallest absolute Gasteiger partial charge is 0.407 e. The topological polar surface area (TPSA) is 217 Å². The average Bonchev–Trinajstić information content (AvgIpc) is 3.15. The van der Waals surface area contributed by atoms with Crippen LogP contribution < -0.4 is 21.3 Å². The second-order valence-corrected chi connectivity index (χ2v) is 35.6. The van der Waals surface area contributed by atoms with E-state index in [1.807, 2.05) is 6.92 Å². The van der Waals surface area contributed by atoms with Gasteiger partial charge >= 0.3 is 38.9 Å². The molecule has 0 radical (unpaired) electrons. The first-order valence-corrected chi connectivity index (χ1v) is 33.3. The van der Waals surface area contributed by atoms with E-state index in [1.54, 1.807) is 0 Å². The molecule has 0 aliphatic heterocycles. The lowest BCUT2D eigenvalue weighted by molar-refractivity contribution is -0.138. The third kappa shape index (κ3) is 26.4. The van der Waals surface area contributed by atoms with Gasteiger partial charge in [-0.05, 0) is 125 Å². The van der Waals surface area contributed by atoms with Crippen LogP contribution in [0.25, 0.3) is 0 Å². The summed E-state index contributed by atoms with van der Waals surface area (Å²) in [6.07, 6.45) is 2.44. The van der Waals surface area contributed by atoms with Crippen molar-refractivity contribution in [2.45, 2.75) is 163 Å². The highest BCUT2D eigenvalue weighted by molar-refractivity contribution is 6.87. The minimum Gasteiger partial charge on any atom is -0.459 e. The summed E-state index contributed by atoms with van der Waals surface area (Å²) in [4.78, 5) is 63.3. The van der Waals surface area contributed by atoms with Crippen molar-refractivity contribution in [2.24, 2.45) is 21.7 Å². The Morgan fingerprint density at radius 2 is 1.09 bits per heavy atom. The number of nitrogens with one attached hydrogen (secondary N) is 4. The first-order chi connectivity index (χ1) is 30.9. The maximum atomic E-state index is 13.5. The first-order valence-electron chi connectivity index (χ1n) is 23.9. The Balaban J connectivity index is 2.10. The Morgan fingerprint density at radius 3 is 1.60 bits per heavy atom. The first kappa shape index (κ1) is 59.9. The molecule has 4 amide bonds. The van der Waals surface area contributed by atoms with E-state index in [0.29, 0.717) is 58.5 Å². The average molecular weight is 1010 g/mol. The van der Waals surface area contributed by atoms with Crippen molar-refractivity contribution in [3.63, 3.8) is 0 Å². The second kappa shape index (κ2) is 26.7. The Labute approximate surface area is 404 Å². The zero-order chi connectivity index (χ0) is 50.7. The molecular weight excluding hydrogens is 917 g/mol. The lowest BCUT2D eigenvalue weighted by Crippen LogP contribution is -2.52. The highest BCUT2D eigenvalue weighted by Crippen LogP contribution is 2.47. The van der Waals surface area contributed by atoms with E-state index in [1.165, 1.54) is 0 Å². The fourth-order valence-electron chi connectivity index (χ4n) is 10.1. The molecule has 0 heterocycles. The molecule has 5 atom stereocenters. The molecule has 4 N–H and O–H groups in total. The van der Waals surface area contributed by atoms with E-state index in [9.17, 15) is 24.0 Å². The molecule has 0 saturated heterocycles. The van der Waals surface area contributed by atoms with E-state index in [4.69, 9.17) is 41.4 Å². The molecule has 67 heavy (non-hydrogen) atoms. The highest BCUT2D eigenvalue weighted by Gasteiger charge is 2.44. The van der Waals surface area contributed by atoms with E-state index in [0.717, 1.165) is 25.0 Å². The lowest BCUT2D eigenvalue weighted by atomic mass is 9.62. The molecule has 0 bridgehead atoms. The summed E-state index contributed by atoms with van der Waals surface area (Å²) in [5.41, 5.74) is -1.07. The minimum absolute atomic E-state index is 0.0191. The minimum atomic E-state index is -2.50. The van der Waals surface area contributed by atoms with E-state index < -0.39 is 67.1 Å². The van der Waals surface area contributed by atoms with Crippen molar-refractivity contribution in [1.29, 1.82) is 0 Å². The Kier molecular flexibility index (Phi) is 23.8. The van der Waals surface area contributed by atoms with Crippen molar-refractivity contribution in [3.8, 4) is 0 Å². The highest BCUT2D eigenvalue weighted by atomic mass is 28.5. The summed E-state index contributed by atoms with van der Waals surface area (Å²) >= 11 is 0. The molecule has 0 spiro atoms. The summed E-state index contributed by atoms with van der Waals surface area (Å²) in [5.74, 6) is -0.600. The van der Waals surface area contributed by atoms with E-state index in [2.05, 4.69) is 115 Å². The molecule has 2 aliphatic rings. The van der Waals surface area contributed by atoms with Gasteiger partial charge in [-0.25, -0.2) is 24.0 Å². The normalized spacial score (nSPS) is 23.1. The Bertz CT molecular complexity index is 1590. The van der Waals surface area contributed by atoms with Gasteiger partial charge in [0.15, 0.2) is 22.7 Å². The van der Waals surface area contributed by atoms with Gasteiger partial charge in [0.2, 0.25) is 0 Å². The van der Waals surface area contributed by atoms with Crippen molar-refractivity contribution in [1.82, 2.24) is 21.3 Å². The number of rotatable bonds is 27. The SMILES string of the molecule is C=CC(=O)OCCOC(=O)NC1CC(C)(C)CC(C)(CNC(=O)OC(COCCC[Si](C)(O[Si](C)(C)C)O[Si](C)(C)C)COC(=O)NC2CC(C)(C)CC(C)(CNC(=O)OCCOCC)C2)C1. The second-order valence-electron chi connectivity index (χ2n) is 22.7. The number of ether oxygens (including phenoxy) is 7. The summed E-state index contributed by atoms with van der Waals surface area (Å²) in [6.45, 7) is 34.5. The molecule has 0 aromatic rings. The third-order valence-corrected chi connectivity index (χ3v) is 20.8. The van der Waals surface area contributed by atoms with Crippen LogP contribution in [0.5, 0.6) is 0 Å². The Hall–Kier alpha value is -3.22. The van der Waals surface area contributed by atoms with Gasteiger partial charge in [-0.15, -0.1) is 0 Å². The van der Waals surface area contributed by atoms with Gasteiger partial charge in [0, 0.05) is 44.5 Å². The van der Waals surface area contributed by atoms with E-state index in [-0.39, 0.29) is 67.9 Å². The van der Waals surface area contributed by atoms with Crippen molar-refractivity contribution >= 4 is 55.5 Å². The molecule has 388 valence electrons. The van der Waals surface area contributed by atoms with Crippen LogP contribution in [0.15, 0.2) is 12.7 Å². The van der Waals surface area contributed by atoms with Gasteiger partial charge in [-0.2, -0.15) is 0 Å². The fourth-order valence-corrected chi connectivity index (χ4v) is 22.6. The number of alkyl carbamates (subject to hydrolysis) is 4. The monoisotopic (exact) mass is 1000 g/mol. The van der Waals surface area contributed by atoms with Gasteiger partial charge in [0.25, 0.3) is 0 Å². The van der Waals surface area contributed by atoms with Crippen molar-refractivity contribution in [3.05, 3.63) is 12.7 Å². The quantitative estimate of drug-likeness (QED) is 0.0200. The molecule has 18 nitrogen and oxygen atoms in total. The predicted molar refractivity (Wildman–Crippen MR) is 264 cm³/mol. The van der Waals surface area contributed by atoms with Gasteiger partial charge in [-0.3, -0.25) is 0 Å². The van der Waals surface area contributed by atoms with Crippen LogP contribution >= 0.6 is 0 Å². The standard InChI is InChI=1S/C46H88N4O14Si3/c1-16-38(51)58-22-23-60-41(54)49-35-25-43(3,4)32-46(8,27-35)34-48-40(53)62-37(29-57-19-18-24-67(15,63-65(9,10)11)64-66(12,13)14)30-61-42(55)50-36-26-44(5,6)31-45(7,28-36)33-47-39(52)59-21-20-56-17-2/h16,35-37H,1,17-34H2,2-15H3,(H,47,52)(H,48,53)(H,49,54)(H,50,55). The van der Waals surface area contributed by atoms with Crippen LogP contribution in [0.3, 0.4) is 0 Å². The molecule has 2 fully saturated rings. The molecule has 2 aliphatic carbocycles. The number of hydrogen-bond donors (Lipinski definition) is 4. The number of carbonyl (C=O) groups is 5. The Morgan fingerprint density at radius 1 is 0.612 bits per heavy atom. The number of carbonyl (C=O) groups excluding carboxylic acids is 5. The lowest BCUT2D eigenvalue weighted by Gasteiger charge is -2.46. The summed E-state index contributed by atoms with van der Waals surface area (Å²) in [6, 6.07) is 0.256. The molecule has 2 rings (SSSR count). The fraction of sp³-hybridized carbons (Fsp3) is 0.848. The van der Waals surface area contributed by atoms with Crippen LogP contribution in [0.1, 0.15) is 93.4 Å². The van der Waals surface area contributed by atoms with Crippen LogP contribution in [0.2, 0.25) is 51.9 Å². The molecule has 0 aromatic carbocycles. The van der Waals surface area contributed by atoms with Gasteiger partial charge in [0.05, 0.1) is 13.2 Å². The van der Waals surface area contributed by atoms with Crippen molar-refractivity contribution < 1.29 is 65.4 Å². The molecule has 2 saturated carbocycles. The van der Waals surface area contributed by atoms with Crippen LogP contribution in [-0.4, -0.2) is 140 Å². The molecule has 5 unspecified atom stereocenters. The molecular formula is C46H88N4O14Si3. The van der Waals surface area contributed by atoms with Gasteiger partial charge in [-0.1, -0.05) is 48.1 Å². The molecule has 21 heteroatoms. The summed E-state index contributed by atoms with van der Waals surface area (Å²) < 4.78 is 51.6. The predicted octanol–water partition coefficient (Wildman–Crippen LogP) is 8.38. The number of hydrogen-bond acceptors (Lipinski definition) is 14. The molecule has 0 aromatic heterocycles. The van der Waals surface area contributed by atoms with Crippen LogP contribution in [-0.2, 0) is 46.2 Å². The number of esters is 1. The van der Waals surface area contributed by atoms with Crippen LogP contribution in [0.4, 0.5) is 19.2 Å². The largest absolute Gasteiger partial charge is 0.459 e.